The molecule has 1 aromatic heterocycles. The van der Waals surface area contributed by atoms with Crippen molar-refractivity contribution < 1.29 is 18.4 Å². The molecule has 2 rings (SSSR count). The van der Waals surface area contributed by atoms with E-state index in [1.165, 1.54) is 0 Å². The molecule has 0 aliphatic carbocycles. The highest BCUT2D eigenvalue weighted by molar-refractivity contribution is 7.84. The number of methoxy groups -OCH3 is 1. The standard InChI is InChI=1S/C17H28N2O4S/c1-16(2,3)24(20)19-14(13-11-22-17(4,5)23-13)15(21-6)12-9-7-8-10-18-12/h7-10,13-15,19H,11H2,1-6H3/t13-,14+,15+,24?/m1/s1. The molecule has 1 aromatic rings. The van der Waals surface area contributed by atoms with Crippen LogP contribution in [0.25, 0.3) is 0 Å². The lowest BCUT2D eigenvalue weighted by Gasteiger charge is -2.32. The van der Waals surface area contributed by atoms with E-state index in [2.05, 4.69) is 9.71 Å². The Hall–Kier alpha value is -0.860. The molecule has 1 unspecified atom stereocenters. The predicted molar refractivity (Wildman–Crippen MR) is 93.7 cm³/mol. The predicted octanol–water partition coefficient (Wildman–Crippen LogP) is 2.34. The van der Waals surface area contributed by atoms with Crippen molar-refractivity contribution in [3.8, 4) is 0 Å². The number of nitrogens with one attached hydrogen (secondary N) is 1. The van der Waals surface area contributed by atoms with Crippen LogP contribution >= 0.6 is 0 Å². The number of ether oxygens (including phenoxy) is 3. The third-order valence-electron chi connectivity index (χ3n) is 3.79. The summed E-state index contributed by atoms with van der Waals surface area (Å²) >= 11 is 0. The average Bonchev–Trinajstić information content (AvgIpc) is 2.87. The fourth-order valence-corrected chi connectivity index (χ4v) is 3.40. The molecule has 7 heteroatoms. The smallest absolute Gasteiger partial charge is 0.163 e. The summed E-state index contributed by atoms with van der Waals surface area (Å²) in [5.41, 5.74) is 0.761. The van der Waals surface area contributed by atoms with E-state index >= 15 is 0 Å². The summed E-state index contributed by atoms with van der Waals surface area (Å²) in [5.74, 6) is -0.670. The highest BCUT2D eigenvalue weighted by Crippen LogP contribution is 2.31. The fraction of sp³-hybridized carbons (Fsp3) is 0.706. The van der Waals surface area contributed by atoms with Gasteiger partial charge in [-0.1, -0.05) is 6.07 Å². The Kier molecular flexibility index (Phi) is 6.14. The summed E-state index contributed by atoms with van der Waals surface area (Å²) in [5, 5.41) is 0. The van der Waals surface area contributed by atoms with Gasteiger partial charge < -0.3 is 14.2 Å². The van der Waals surface area contributed by atoms with Gasteiger partial charge in [0.15, 0.2) is 5.79 Å². The second kappa shape index (κ2) is 7.58. The van der Waals surface area contributed by atoms with Crippen LogP contribution in [-0.2, 0) is 25.2 Å². The van der Waals surface area contributed by atoms with E-state index in [9.17, 15) is 4.21 Å². The van der Waals surface area contributed by atoms with Crippen LogP contribution in [0.5, 0.6) is 0 Å². The molecule has 4 atom stereocenters. The molecule has 0 radical (unpaired) electrons. The number of pyridine rings is 1. The Morgan fingerprint density at radius 1 is 1.42 bits per heavy atom. The van der Waals surface area contributed by atoms with E-state index in [1.807, 2.05) is 52.8 Å². The second-order valence-corrected chi connectivity index (χ2v) is 9.30. The molecule has 136 valence electrons. The molecular formula is C17H28N2O4S. The molecule has 2 heterocycles. The van der Waals surface area contributed by atoms with Crippen LogP contribution in [-0.4, -0.2) is 45.6 Å². The van der Waals surface area contributed by atoms with Crippen LogP contribution < -0.4 is 4.72 Å². The Bertz CT molecular complexity index is 559. The van der Waals surface area contributed by atoms with E-state index in [1.54, 1.807) is 13.3 Å². The van der Waals surface area contributed by atoms with Gasteiger partial charge in [-0.15, -0.1) is 0 Å². The molecule has 1 N–H and O–H groups in total. The minimum Gasteiger partial charge on any atom is -0.373 e. The Balaban J connectivity index is 2.29. The Morgan fingerprint density at radius 3 is 2.58 bits per heavy atom. The third-order valence-corrected chi connectivity index (χ3v) is 5.39. The molecule has 24 heavy (non-hydrogen) atoms. The topological polar surface area (TPSA) is 69.7 Å². The lowest BCUT2D eigenvalue weighted by Crippen LogP contribution is -2.50. The van der Waals surface area contributed by atoms with E-state index < -0.39 is 27.6 Å². The van der Waals surface area contributed by atoms with Crippen LogP contribution in [0.2, 0.25) is 0 Å². The van der Waals surface area contributed by atoms with Crippen molar-refractivity contribution in [3.05, 3.63) is 30.1 Å². The lowest BCUT2D eigenvalue weighted by molar-refractivity contribution is -0.145. The fourth-order valence-electron chi connectivity index (χ4n) is 2.52. The van der Waals surface area contributed by atoms with Crippen LogP contribution in [0.15, 0.2) is 24.4 Å². The molecule has 0 aromatic carbocycles. The highest BCUT2D eigenvalue weighted by atomic mass is 32.2. The van der Waals surface area contributed by atoms with Gasteiger partial charge in [-0.2, -0.15) is 0 Å². The zero-order valence-electron chi connectivity index (χ0n) is 15.2. The zero-order valence-corrected chi connectivity index (χ0v) is 16.1. The van der Waals surface area contributed by atoms with Crippen molar-refractivity contribution in [1.29, 1.82) is 0 Å². The molecule has 0 bridgehead atoms. The van der Waals surface area contributed by atoms with Gasteiger partial charge >= 0.3 is 0 Å². The van der Waals surface area contributed by atoms with E-state index in [-0.39, 0.29) is 12.1 Å². The number of hydrogen-bond acceptors (Lipinski definition) is 5. The van der Waals surface area contributed by atoms with Gasteiger partial charge in [-0.25, -0.2) is 8.93 Å². The maximum absolute atomic E-state index is 12.7. The minimum absolute atomic E-state index is 0.293. The van der Waals surface area contributed by atoms with Crippen molar-refractivity contribution in [2.75, 3.05) is 13.7 Å². The maximum Gasteiger partial charge on any atom is 0.163 e. The molecule has 1 aliphatic rings. The van der Waals surface area contributed by atoms with Crippen molar-refractivity contribution in [2.24, 2.45) is 0 Å². The number of hydrogen-bond donors (Lipinski definition) is 1. The van der Waals surface area contributed by atoms with Gasteiger partial charge in [0.1, 0.15) is 12.2 Å². The summed E-state index contributed by atoms with van der Waals surface area (Å²) in [6, 6.07) is 5.29. The number of rotatable bonds is 6. The summed E-state index contributed by atoms with van der Waals surface area (Å²) in [6.07, 6.45) is 1.02. The molecule has 0 saturated carbocycles. The second-order valence-electron chi connectivity index (χ2n) is 7.30. The molecule has 6 nitrogen and oxygen atoms in total. The first-order valence-electron chi connectivity index (χ1n) is 8.07. The lowest BCUT2D eigenvalue weighted by atomic mass is 10.0. The van der Waals surface area contributed by atoms with Crippen LogP contribution in [0, 0.1) is 0 Å². The summed E-state index contributed by atoms with van der Waals surface area (Å²) < 4.78 is 32.8. The van der Waals surface area contributed by atoms with Crippen molar-refractivity contribution in [3.63, 3.8) is 0 Å². The average molecular weight is 356 g/mol. The number of nitrogens with zero attached hydrogens (tertiary/aromatic N) is 1. The minimum atomic E-state index is -1.28. The normalized spacial score (nSPS) is 24.5. The summed E-state index contributed by atoms with van der Waals surface area (Å²) in [6.45, 7) is 9.91. The Labute approximate surface area is 146 Å². The molecule has 1 aliphatic heterocycles. The molecule has 0 spiro atoms. The quantitative estimate of drug-likeness (QED) is 0.847. The third kappa shape index (κ3) is 4.83. The highest BCUT2D eigenvalue weighted by Gasteiger charge is 2.43. The van der Waals surface area contributed by atoms with Crippen molar-refractivity contribution >= 4 is 11.0 Å². The summed E-state index contributed by atoms with van der Waals surface area (Å²) in [4.78, 5) is 4.39. The van der Waals surface area contributed by atoms with E-state index in [4.69, 9.17) is 14.2 Å². The first-order valence-corrected chi connectivity index (χ1v) is 9.22. The van der Waals surface area contributed by atoms with Crippen LogP contribution in [0.4, 0.5) is 0 Å². The van der Waals surface area contributed by atoms with Gasteiger partial charge in [-0.05, 0) is 46.8 Å². The summed E-state index contributed by atoms with van der Waals surface area (Å²) in [7, 11) is 0.343. The molecule has 0 amide bonds. The Morgan fingerprint density at radius 2 is 2.12 bits per heavy atom. The van der Waals surface area contributed by atoms with E-state index in [0.29, 0.717) is 6.61 Å². The zero-order chi connectivity index (χ0) is 18.0. The van der Waals surface area contributed by atoms with Crippen molar-refractivity contribution in [2.45, 2.75) is 63.4 Å². The van der Waals surface area contributed by atoms with Gasteiger partial charge in [0.25, 0.3) is 0 Å². The molecule has 1 fully saturated rings. The SMILES string of the molecule is CO[C@@H](c1ccccn1)[C@@H](NS(=O)C(C)(C)C)[C@H]1COC(C)(C)O1. The first kappa shape index (κ1) is 19.5. The van der Waals surface area contributed by atoms with E-state index in [0.717, 1.165) is 5.69 Å². The maximum atomic E-state index is 12.7. The monoisotopic (exact) mass is 356 g/mol. The number of aromatic nitrogens is 1. The first-order chi connectivity index (χ1) is 11.1. The van der Waals surface area contributed by atoms with Crippen LogP contribution in [0.1, 0.15) is 46.4 Å². The van der Waals surface area contributed by atoms with Gasteiger partial charge in [0.05, 0.1) is 34.1 Å². The van der Waals surface area contributed by atoms with Gasteiger partial charge in [-0.3, -0.25) is 4.98 Å². The van der Waals surface area contributed by atoms with Gasteiger partial charge in [0, 0.05) is 13.3 Å². The molecule has 1 saturated heterocycles. The van der Waals surface area contributed by atoms with Crippen LogP contribution in [0.3, 0.4) is 0 Å². The molecular weight excluding hydrogens is 328 g/mol. The van der Waals surface area contributed by atoms with Gasteiger partial charge in [0.2, 0.25) is 0 Å². The largest absolute Gasteiger partial charge is 0.373 e. The van der Waals surface area contributed by atoms with Crippen molar-refractivity contribution in [1.82, 2.24) is 9.71 Å².